The van der Waals surface area contributed by atoms with Gasteiger partial charge in [-0.2, -0.15) is 0 Å². The molecular formula is C44H71N3O4. The van der Waals surface area contributed by atoms with Gasteiger partial charge in [0.15, 0.2) is 0 Å². The molecule has 7 nitrogen and oxygen atoms in total. The van der Waals surface area contributed by atoms with E-state index in [9.17, 15) is 14.7 Å². The summed E-state index contributed by atoms with van der Waals surface area (Å²) in [7, 11) is 0. The zero-order chi connectivity index (χ0) is 37.5. The summed E-state index contributed by atoms with van der Waals surface area (Å²) in [6.07, 6.45) is 31.4. The fourth-order valence-corrected chi connectivity index (χ4v) is 5.87. The average molecular weight is 706 g/mol. The monoisotopic (exact) mass is 706 g/mol. The molecule has 0 bridgehead atoms. The van der Waals surface area contributed by atoms with Crippen molar-refractivity contribution in [3.05, 3.63) is 59.7 Å². The smallest absolute Gasteiger partial charge is 0.146 e. The maximum Gasteiger partial charge on any atom is 0.146 e. The second kappa shape index (κ2) is 30.3. The highest BCUT2D eigenvalue weighted by molar-refractivity contribution is 5.75. The van der Waals surface area contributed by atoms with E-state index in [0.29, 0.717) is 23.9 Å². The number of benzene rings is 2. The van der Waals surface area contributed by atoms with E-state index < -0.39 is 0 Å². The maximum absolute atomic E-state index is 10.6. The van der Waals surface area contributed by atoms with E-state index >= 15 is 0 Å². The highest BCUT2D eigenvalue weighted by Gasteiger charge is 2.11. The van der Waals surface area contributed by atoms with Crippen LogP contribution in [0.25, 0.3) is 16.7 Å². The largest absolute Gasteiger partial charge is 0.505 e. The first-order chi connectivity index (χ1) is 24.7. The van der Waals surface area contributed by atoms with Crippen molar-refractivity contribution in [1.82, 2.24) is 15.0 Å². The van der Waals surface area contributed by atoms with E-state index in [0.717, 1.165) is 67.1 Å². The van der Waals surface area contributed by atoms with Crippen LogP contribution in [0.4, 0.5) is 0 Å². The van der Waals surface area contributed by atoms with E-state index in [1.807, 2.05) is 50.2 Å². The number of phenolic OH excluding ortho intramolecular Hbond substituents is 1. The number of aromatic hydroxyl groups is 1. The Bertz CT molecular complexity index is 1310. The summed E-state index contributed by atoms with van der Waals surface area (Å²) in [4.78, 5) is 22.7. The predicted molar refractivity (Wildman–Crippen MR) is 215 cm³/mol. The van der Waals surface area contributed by atoms with Gasteiger partial charge < -0.3 is 19.8 Å². The molecule has 2 aromatic carbocycles. The summed E-state index contributed by atoms with van der Waals surface area (Å²) in [5.41, 5.74) is 4.14. The number of aromatic nitrogens is 3. The van der Waals surface area contributed by atoms with Gasteiger partial charge >= 0.3 is 0 Å². The van der Waals surface area contributed by atoms with Crippen LogP contribution >= 0.6 is 0 Å². The Labute approximate surface area is 310 Å². The molecule has 0 saturated heterocycles. The first kappa shape index (κ1) is 45.7. The van der Waals surface area contributed by atoms with E-state index in [2.05, 4.69) is 29.3 Å². The van der Waals surface area contributed by atoms with Gasteiger partial charge in [-0.3, -0.25) is 0 Å². The molecule has 0 spiro atoms. The summed E-state index contributed by atoms with van der Waals surface area (Å²) in [5.74, 6) is 0.809. The lowest BCUT2D eigenvalue weighted by Crippen LogP contribution is -2.00. The third-order valence-corrected chi connectivity index (χ3v) is 8.90. The summed E-state index contributed by atoms with van der Waals surface area (Å²) in [6, 6.07) is 11.5. The van der Waals surface area contributed by atoms with Gasteiger partial charge in [0, 0.05) is 19.4 Å². The number of nitrogens with zero attached hydrogens (tertiary/aromatic N) is 3. The minimum Gasteiger partial charge on any atom is -0.505 e. The average Bonchev–Trinajstić information content (AvgIpc) is 3.54. The van der Waals surface area contributed by atoms with Gasteiger partial charge in [-0.15, -0.1) is 15.0 Å². The number of unbranched alkanes of at least 4 members (excludes halogenated alkanes) is 17. The molecule has 0 saturated carbocycles. The Balaban J connectivity index is 0.000000388. The molecule has 1 aromatic heterocycles. The van der Waals surface area contributed by atoms with Crippen molar-refractivity contribution >= 4 is 22.6 Å². The normalized spacial score (nSPS) is 10.9. The van der Waals surface area contributed by atoms with E-state index in [1.54, 1.807) is 13.8 Å². The van der Waals surface area contributed by atoms with Crippen molar-refractivity contribution in [3.8, 4) is 11.4 Å². The summed E-state index contributed by atoms with van der Waals surface area (Å²) in [5, 5.41) is 27.5. The first-order valence-corrected chi connectivity index (χ1v) is 20.1. The Morgan fingerprint density at radius 2 is 1.08 bits per heavy atom. The van der Waals surface area contributed by atoms with Crippen LogP contribution in [0.15, 0.2) is 48.6 Å². The van der Waals surface area contributed by atoms with Crippen LogP contribution in [-0.4, -0.2) is 43.4 Å². The van der Waals surface area contributed by atoms with Gasteiger partial charge in [0.05, 0.1) is 0 Å². The Morgan fingerprint density at radius 3 is 1.53 bits per heavy atom. The third kappa shape index (κ3) is 23.7. The lowest BCUT2D eigenvalue weighted by atomic mass is 10.1. The fraction of sp³-hybridized carbons (Fsp3) is 0.636. The second-order valence-electron chi connectivity index (χ2n) is 14.1. The van der Waals surface area contributed by atoms with E-state index in [-0.39, 0.29) is 5.75 Å². The SMILES string of the molecule is CC(=O)CCCCCCCCC(C)=O.CCCCCCCC/C=C/CCCCCCCCO.Cc1cc(C)c(O)c(-n2nc3ccccc3n2)c1. The summed E-state index contributed by atoms with van der Waals surface area (Å²) < 4.78 is 0. The van der Waals surface area contributed by atoms with Crippen molar-refractivity contribution in [1.29, 1.82) is 0 Å². The number of carbonyl (C=O) groups is 2. The Hall–Kier alpha value is -3.32. The molecule has 0 radical (unpaired) electrons. The van der Waals surface area contributed by atoms with Crippen molar-refractivity contribution in [3.63, 3.8) is 0 Å². The van der Waals surface area contributed by atoms with Gasteiger partial charge in [-0.1, -0.05) is 121 Å². The van der Waals surface area contributed by atoms with Gasteiger partial charge in [-0.25, -0.2) is 0 Å². The summed E-state index contributed by atoms with van der Waals surface area (Å²) in [6.45, 7) is 9.78. The number of rotatable bonds is 25. The van der Waals surface area contributed by atoms with Crippen LogP contribution in [0.3, 0.4) is 0 Å². The van der Waals surface area contributed by atoms with Crippen molar-refractivity contribution in [2.24, 2.45) is 0 Å². The quantitative estimate of drug-likeness (QED) is 0.0671. The molecule has 51 heavy (non-hydrogen) atoms. The van der Waals surface area contributed by atoms with Gasteiger partial charge in [0.1, 0.15) is 34.0 Å². The number of allylic oxidation sites excluding steroid dienone is 2. The molecule has 0 unspecified atom stereocenters. The second-order valence-corrected chi connectivity index (χ2v) is 14.1. The standard InChI is InChI=1S/C18H36O.C14H13N3O.C12H22O2/c1-2-3-4-5-6-7-8-9-10-11-12-13-14-15-16-17-18-19;1-9-7-10(2)14(18)13(8-9)17-15-11-5-3-4-6-12(11)16-17;1-11(13)9-7-5-3-4-6-8-10-12(2)14/h9-10,19H,2-8,11-18H2,1H3;3-8,18H,1-2H3;3-10H2,1-2H3/b10-9+;;. The van der Waals surface area contributed by atoms with Crippen LogP contribution in [0.5, 0.6) is 5.75 Å². The lowest BCUT2D eigenvalue weighted by Gasteiger charge is -2.07. The Morgan fingerprint density at radius 1 is 0.647 bits per heavy atom. The molecule has 7 heteroatoms. The van der Waals surface area contributed by atoms with Crippen LogP contribution in [-0.2, 0) is 9.59 Å². The minimum absolute atomic E-state index is 0.223. The molecule has 0 fully saturated rings. The number of aryl methyl sites for hydroxylation is 2. The van der Waals surface area contributed by atoms with E-state index in [1.165, 1.54) is 101 Å². The molecule has 0 amide bonds. The van der Waals surface area contributed by atoms with Crippen molar-refractivity contribution in [2.45, 2.75) is 176 Å². The lowest BCUT2D eigenvalue weighted by molar-refractivity contribution is -0.118. The zero-order valence-electron chi connectivity index (χ0n) is 32.9. The highest BCUT2D eigenvalue weighted by Crippen LogP contribution is 2.27. The van der Waals surface area contributed by atoms with Gasteiger partial charge in [0.25, 0.3) is 0 Å². The number of hydrogen-bond donors (Lipinski definition) is 2. The maximum atomic E-state index is 10.6. The molecule has 0 atom stereocenters. The van der Waals surface area contributed by atoms with E-state index in [4.69, 9.17) is 5.11 Å². The molecular weight excluding hydrogens is 635 g/mol. The number of aliphatic hydroxyl groups is 1. The molecule has 286 valence electrons. The number of aliphatic hydroxyl groups excluding tert-OH is 1. The number of carbonyl (C=O) groups excluding carboxylic acids is 2. The molecule has 2 N–H and O–H groups in total. The van der Waals surface area contributed by atoms with Crippen molar-refractivity contribution < 1.29 is 19.8 Å². The molecule has 3 aromatic rings. The summed E-state index contributed by atoms with van der Waals surface area (Å²) >= 11 is 0. The predicted octanol–water partition coefficient (Wildman–Crippen LogP) is 12.0. The van der Waals surface area contributed by atoms with Crippen molar-refractivity contribution in [2.75, 3.05) is 6.61 Å². The zero-order valence-corrected chi connectivity index (χ0v) is 32.9. The number of Topliss-reactive ketones (excluding diaryl/α,β-unsaturated/α-hetero) is 2. The molecule has 3 rings (SSSR count). The van der Waals surface area contributed by atoms with Crippen LogP contribution in [0, 0.1) is 13.8 Å². The fourth-order valence-electron chi connectivity index (χ4n) is 5.87. The molecule has 0 aliphatic heterocycles. The number of phenols is 1. The van der Waals surface area contributed by atoms with Gasteiger partial charge in [0.2, 0.25) is 0 Å². The van der Waals surface area contributed by atoms with Crippen LogP contribution in [0.1, 0.15) is 173 Å². The number of fused-ring (bicyclic) bond motifs is 1. The minimum atomic E-state index is 0.223. The van der Waals surface area contributed by atoms with Crippen LogP contribution < -0.4 is 0 Å². The van der Waals surface area contributed by atoms with Crippen LogP contribution in [0.2, 0.25) is 0 Å². The molecule has 1 heterocycles. The topological polar surface area (TPSA) is 105 Å². The van der Waals surface area contributed by atoms with Gasteiger partial charge in [-0.05, 0) is 102 Å². The molecule has 0 aliphatic rings. The Kier molecular flexibility index (Phi) is 27.2. The first-order valence-electron chi connectivity index (χ1n) is 20.1. The third-order valence-electron chi connectivity index (χ3n) is 8.90. The molecule has 0 aliphatic carbocycles. The highest BCUT2D eigenvalue weighted by atomic mass is 16.3. The number of hydrogen-bond acceptors (Lipinski definition) is 6. The number of ketones is 2.